The number of fused-ring (bicyclic) bond motifs is 8. The van der Waals surface area contributed by atoms with Crippen LogP contribution in [0.5, 0.6) is 0 Å². The molecule has 2 aromatic heterocycles. The minimum Gasteiger partial charge on any atom is -0.310 e. The van der Waals surface area contributed by atoms with Gasteiger partial charge in [0.25, 0.3) is 0 Å². The van der Waals surface area contributed by atoms with Crippen molar-refractivity contribution in [3.63, 3.8) is 0 Å². The van der Waals surface area contributed by atoms with E-state index in [9.17, 15) is 0 Å². The summed E-state index contributed by atoms with van der Waals surface area (Å²) in [5.74, 6) is 0. The maximum atomic E-state index is 2.42. The van der Waals surface area contributed by atoms with Gasteiger partial charge in [-0.05, 0) is 118 Å². The summed E-state index contributed by atoms with van der Waals surface area (Å²) < 4.78 is 4.82. The number of anilines is 3. The monoisotopic (exact) mass is 751 g/mol. The van der Waals surface area contributed by atoms with Gasteiger partial charge in [0.1, 0.15) is 0 Å². The van der Waals surface area contributed by atoms with E-state index < -0.39 is 0 Å². The second-order valence-electron chi connectivity index (χ2n) is 15.4. The number of benzene rings is 10. The first-order chi connectivity index (χ1) is 29.2. The van der Waals surface area contributed by atoms with E-state index in [1.165, 1.54) is 76.3 Å². The van der Waals surface area contributed by atoms with Crippen LogP contribution in [0.25, 0.3) is 87.7 Å². The van der Waals surface area contributed by atoms with Gasteiger partial charge in [0.2, 0.25) is 0 Å². The standard InChI is InChI=1S/C56H37N3/c1-3-15-40-33-47(30-27-38(40)13-1)57(48-31-28-39-14-2-4-16-41(39)34-48)44-18-11-17-42(35-44)43-29-32-56-52(36-43)51-23-7-10-26-55(51)59(56)46-20-12-19-45(37-46)58-53-24-8-5-21-49(53)50-22-6-9-25-54(50)58/h1-37H. The number of hydrogen-bond donors (Lipinski definition) is 0. The van der Waals surface area contributed by atoms with Crippen molar-refractivity contribution < 1.29 is 0 Å². The summed E-state index contributed by atoms with van der Waals surface area (Å²) in [4.78, 5) is 2.39. The van der Waals surface area contributed by atoms with E-state index in [0.29, 0.717) is 0 Å². The lowest BCUT2D eigenvalue weighted by Crippen LogP contribution is -2.10. The van der Waals surface area contributed by atoms with E-state index in [4.69, 9.17) is 0 Å². The van der Waals surface area contributed by atoms with E-state index in [0.717, 1.165) is 28.4 Å². The summed E-state index contributed by atoms with van der Waals surface area (Å²) in [6.07, 6.45) is 0. The van der Waals surface area contributed by atoms with Gasteiger partial charge in [0, 0.05) is 50.0 Å². The predicted octanol–water partition coefficient (Wildman–Crippen LogP) is 15.3. The molecule has 0 amide bonds. The van der Waals surface area contributed by atoms with Gasteiger partial charge in [-0.15, -0.1) is 0 Å². The van der Waals surface area contributed by atoms with Crippen LogP contribution in [0.4, 0.5) is 17.1 Å². The number of hydrogen-bond acceptors (Lipinski definition) is 1. The Morgan fingerprint density at radius 2 is 0.695 bits per heavy atom. The second-order valence-corrected chi connectivity index (χ2v) is 15.4. The Kier molecular flexibility index (Phi) is 7.54. The number of nitrogens with zero attached hydrogens (tertiary/aromatic N) is 3. The zero-order valence-electron chi connectivity index (χ0n) is 32.2. The third-order valence-electron chi connectivity index (χ3n) is 12.0. The van der Waals surface area contributed by atoms with Gasteiger partial charge >= 0.3 is 0 Å². The average molecular weight is 752 g/mol. The first kappa shape index (κ1) is 33.3. The van der Waals surface area contributed by atoms with E-state index in [1.54, 1.807) is 0 Å². The summed E-state index contributed by atoms with van der Waals surface area (Å²) in [5.41, 5.74) is 12.8. The molecule has 10 aromatic carbocycles. The van der Waals surface area contributed by atoms with Gasteiger partial charge in [0.15, 0.2) is 0 Å². The smallest absolute Gasteiger partial charge is 0.0541 e. The SMILES string of the molecule is c1cc(-c2ccc3c(c2)c2ccccc2n3-c2cccc(-n3c4ccccc4c4ccccc43)c2)cc(N(c2ccc3ccccc3c2)c2ccc3ccccc3c2)c1. The minimum absolute atomic E-state index is 1.11. The molecule has 0 aliphatic carbocycles. The molecule has 0 bridgehead atoms. The van der Waals surface area contributed by atoms with Crippen molar-refractivity contribution in [1.29, 1.82) is 0 Å². The Balaban J connectivity index is 0.995. The minimum atomic E-state index is 1.11. The van der Waals surface area contributed by atoms with Crippen molar-refractivity contribution in [2.24, 2.45) is 0 Å². The molecule has 276 valence electrons. The van der Waals surface area contributed by atoms with Gasteiger partial charge < -0.3 is 14.0 Å². The van der Waals surface area contributed by atoms with Crippen molar-refractivity contribution in [2.45, 2.75) is 0 Å². The molecule has 0 spiro atoms. The number of aromatic nitrogens is 2. The Bertz CT molecular complexity index is 3450. The normalized spacial score (nSPS) is 11.7. The summed E-state index contributed by atoms with van der Waals surface area (Å²) in [7, 11) is 0. The van der Waals surface area contributed by atoms with E-state index >= 15 is 0 Å². The van der Waals surface area contributed by atoms with Crippen molar-refractivity contribution in [2.75, 3.05) is 4.90 Å². The highest BCUT2D eigenvalue weighted by molar-refractivity contribution is 6.11. The molecule has 2 heterocycles. The van der Waals surface area contributed by atoms with Crippen molar-refractivity contribution in [1.82, 2.24) is 9.13 Å². The quantitative estimate of drug-likeness (QED) is 0.165. The van der Waals surface area contributed by atoms with Crippen molar-refractivity contribution in [3.8, 4) is 22.5 Å². The molecule has 3 nitrogen and oxygen atoms in total. The van der Waals surface area contributed by atoms with Crippen molar-refractivity contribution in [3.05, 3.63) is 224 Å². The lowest BCUT2D eigenvalue weighted by atomic mass is 10.0. The van der Waals surface area contributed by atoms with Gasteiger partial charge in [-0.25, -0.2) is 0 Å². The fourth-order valence-corrected chi connectivity index (χ4v) is 9.31. The summed E-state index contributed by atoms with van der Waals surface area (Å²) >= 11 is 0. The molecule has 0 aliphatic rings. The van der Waals surface area contributed by atoms with Gasteiger partial charge in [-0.3, -0.25) is 0 Å². The van der Waals surface area contributed by atoms with Crippen LogP contribution in [-0.4, -0.2) is 9.13 Å². The third-order valence-corrected chi connectivity index (χ3v) is 12.0. The van der Waals surface area contributed by atoms with Gasteiger partial charge in [0.05, 0.1) is 22.1 Å². The van der Waals surface area contributed by atoms with Gasteiger partial charge in [-0.1, -0.05) is 140 Å². The molecule has 0 fully saturated rings. The van der Waals surface area contributed by atoms with Crippen LogP contribution in [0.1, 0.15) is 0 Å². The Morgan fingerprint density at radius 1 is 0.254 bits per heavy atom. The molecular formula is C56H37N3. The van der Waals surface area contributed by atoms with E-state index in [-0.39, 0.29) is 0 Å². The maximum Gasteiger partial charge on any atom is 0.0541 e. The Morgan fingerprint density at radius 3 is 1.27 bits per heavy atom. The van der Waals surface area contributed by atoms with Crippen LogP contribution in [0.3, 0.4) is 0 Å². The molecular weight excluding hydrogens is 715 g/mol. The summed E-state index contributed by atoms with van der Waals surface area (Å²) in [6, 6.07) is 81.8. The summed E-state index contributed by atoms with van der Waals surface area (Å²) in [6.45, 7) is 0. The predicted molar refractivity (Wildman–Crippen MR) is 250 cm³/mol. The molecule has 0 unspecified atom stereocenters. The molecule has 0 aliphatic heterocycles. The zero-order valence-corrected chi connectivity index (χ0v) is 32.2. The van der Waals surface area contributed by atoms with Crippen molar-refractivity contribution >= 4 is 82.2 Å². The van der Waals surface area contributed by atoms with Crippen LogP contribution in [-0.2, 0) is 0 Å². The summed E-state index contributed by atoms with van der Waals surface area (Å²) in [5, 5.41) is 9.88. The second kappa shape index (κ2) is 13.4. The molecule has 0 atom stereocenters. The topological polar surface area (TPSA) is 13.1 Å². The molecule has 3 heteroatoms. The zero-order chi connectivity index (χ0) is 38.9. The van der Waals surface area contributed by atoms with Gasteiger partial charge in [-0.2, -0.15) is 0 Å². The number of rotatable bonds is 6. The molecule has 12 rings (SSSR count). The maximum absolute atomic E-state index is 2.42. The van der Waals surface area contributed by atoms with Crippen LogP contribution < -0.4 is 4.90 Å². The Hall–Kier alpha value is -7.88. The fourth-order valence-electron chi connectivity index (χ4n) is 9.31. The van der Waals surface area contributed by atoms with Crippen LogP contribution >= 0.6 is 0 Å². The van der Waals surface area contributed by atoms with Crippen LogP contribution in [0.15, 0.2) is 224 Å². The molecule has 0 saturated heterocycles. The molecule has 12 aromatic rings. The molecule has 0 radical (unpaired) electrons. The van der Waals surface area contributed by atoms with Crippen LogP contribution in [0, 0.1) is 0 Å². The molecule has 59 heavy (non-hydrogen) atoms. The highest BCUT2D eigenvalue weighted by atomic mass is 15.1. The highest BCUT2D eigenvalue weighted by Gasteiger charge is 2.18. The Labute approximate surface area is 341 Å². The number of para-hydroxylation sites is 3. The van der Waals surface area contributed by atoms with E-state index in [1.807, 2.05) is 0 Å². The average Bonchev–Trinajstić information content (AvgIpc) is 3.82. The molecule has 0 saturated carbocycles. The van der Waals surface area contributed by atoms with E-state index in [2.05, 4.69) is 238 Å². The lowest BCUT2D eigenvalue weighted by Gasteiger charge is -2.26. The highest BCUT2D eigenvalue weighted by Crippen LogP contribution is 2.41. The first-order valence-electron chi connectivity index (χ1n) is 20.3. The first-order valence-corrected chi connectivity index (χ1v) is 20.3. The largest absolute Gasteiger partial charge is 0.310 e. The molecule has 0 N–H and O–H groups in total. The lowest BCUT2D eigenvalue weighted by molar-refractivity contribution is 1.13. The fraction of sp³-hybridized carbons (Fsp3) is 0. The third kappa shape index (κ3) is 5.44. The van der Waals surface area contributed by atoms with Crippen LogP contribution in [0.2, 0.25) is 0 Å².